The Morgan fingerprint density at radius 2 is 1.90 bits per heavy atom. The zero-order valence-electron chi connectivity index (χ0n) is 11.9. The average molecular weight is 273 g/mol. The van der Waals surface area contributed by atoms with Gasteiger partial charge in [-0.3, -0.25) is 0 Å². The van der Waals surface area contributed by atoms with E-state index in [1.165, 1.54) is 6.07 Å². The van der Waals surface area contributed by atoms with Crippen molar-refractivity contribution in [3.63, 3.8) is 0 Å². The lowest BCUT2D eigenvalue weighted by Gasteiger charge is -2.11. The van der Waals surface area contributed by atoms with E-state index in [4.69, 9.17) is 4.74 Å². The van der Waals surface area contributed by atoms with Gasteiger partial charge in [-0.25, -0.2) is 4.39 Å². The standard InChI is InChI=1S/C17H20FNO/c1-13(2)12-20-16-8-5-7-15(10-16)19-11-14-6-3-4-9-17(14)18/h3-10,13,19H,11-12H2,1-2H3. The van der Waals surface area contributed by atoms with Crippen LogP contribution < -0.4 is 10.1 Å². The van der Waals surface area contributed by atoms with Gasteiger partial charge in [0, 0.05) is 23.9 Å². The van der Waals surface area contributed by atoms with Gasteiger partial charge in [0.1, 0.15) is 11.6 Å². The minimum absolute atomic E-state index is 0.188. The molecule has 2 nitrogen and oxygen atoms in total. The Morgan fingerprint density at radius 1 is 1.10 bits per heavy atom. The van der Waals surface area contributed by atoms with Crippen molar-refractivity contribution in [3.8, 4) is 5.75 Å². The van der Waals surface area contributed by atoms with Crippen molar-refractivity contribution in [1.82, 2.24) is 0 Å². The molecule has 0 unspecified atom stereocenters. The van der Waals surface area contributed by atoms with Crippen molar-refractivity contribution in [3.05, 3.63) is 59.9 Å². The van der Waals surface area contributed by atoms with E-state index in [2.05, 4.69) is 19.2 Å². The monoisotopic (exact) mass is 273 g/mol. The van der Waals surface area contributed by atoms with Gasteiger partial charge in [0.2, 0.25) is 0 Å². The molecule has 0 fully saturated rings. The summed E-state index contributed by atoms with van der Waals surface area (Å²) in [7, 11) is 0. The fraction of sp³-hybridized carbons (Fsp3) is 0.294. The fourth-order valence-corrected chi connectivity index (χ4v) is 1.80. The predicted molar refractivity (Wildman–Crippen MR) is 80.5 cm³/mol. The molecule has 0 aliphatic rings. The highest BCUT2D eigenvalue weighted by molar-refractivity contribution is 5.48. The van der Waals surface area contributed by atoms with Crippen molar-refractivity contribution >= 4 is 5.69 Å². The molecule has 0 bridgehead atoms. The van der Waals surface area contributed by atoms with E-state index in [1.54, 1.807) is 12.1 Å². The zero-order chi connectivity index (χ0) is 14.4. The first-order valence-corrected chi connectivity index (χ1v) is 6.85. The molecular formula is C17H20FNO. The molecule has 1 N–H and O–H groups in total. The van der Waals surface area contributed by atoms with Crippen LogP contribution in [0.4, 0.5) is 10.1 Å². The third kappa shape index (κ3) is 4.26. The third-order valence-corrected chi connectivity index (χ3v) is 2.86. The molecule has 2 aromatic carbocycles. The topological polar surface area (TPSA) is 21.3 Å². The minimum atomic E-state index is -0.188. The van der Waals surface area contributed by atoms with E-state index in [9.17, 15) is 4.39 Å². The number of hydrogen-bond donors (Lipinski definition) is 1. The second-order valence-corrected chi connectivity index (χ2v) is 5.18. The van der Waals surface area contributed by atoms with Gasteiger partial charge in [0.25, 0.3) is 0 Å². The summed E-state index contributed by atoms with van der Waals surface area (Å²) >= 11 is 0. The lowest BCUT2D eigenvalue weighted by atomic mass is 10.2. The molecule has 0 aliphatic carbocycles. The Balaban J connectivity index is 1.96. The summed E-state index contributed by atoms with van der Waals surface area (Å²) in [5.41, 5.74) is 1.58. The van der Waals surface area contributed by atoms with Gasteiger partial charge in [0.05, 0.1) is 6.61 Å². The van der Waals surface area contributed by atoms with E-state index >= 15 is 0 Å². The van der Waals surface area contributed by atoms with Gasteiger partial charge < -0.3 is 10.1 Å². The predicted octanol–water partition coefficient (Wildman–Crippen LogP) is 4.47. The quantitative estimate of drug-likeness (QED) is 0.838. The van der Waals surface area contributed by atoms with Gasteiger partial charge in [0.15, 0.2) is 0 Å². The zero-order valence-corrected chi connectivity index (χ0v) is 11.9. The molecule has 0 atom stereocenters. The van der Waals surface area contributed by atoms with E-state index in [0.717, 1.165) is 11.4 Å². The third-order valence-electron chi connectivity index (χ3n) is 2.86. The Bertz CT molecular complexity index is 554. The molecule has 0 heterocycles. The first-order valence-electron chi connectivity index (χ1n) is 6.85. The van der Waals surface area contributed by atoms with Crippen LogP contribution in [0.3, 0.4) is 0 Å². The van der Waals surface area contributed by atoms with Gasteiger partial charge in [-0.1, -0.05) is 38.1 Å². The van der Waals surface area contributed by atoms with Crippen molar-refractivity contribution in [2.75, 3.05) is 11.9 Å². The Morgan fingerprint density at radius 3 is 2.65 bits per heavy atom. The van der Waals surface area contributed by atoms with Crippen molar-refractivity contribution in [1.29, 1.82) is 0 Å². The van der Waals surface area contributed by atoms with Gasteiger partial charge in [-0.15, -0.1) is 0 Å². The molecule has 0 saturated heterocycles. The second-order valence-electron chi connectivity index (χ2n) is 5.18. The number of nitrogens with one attached hydrogen (secondary N) is 1. The molecule has 0 aromatic heterocycles. The number of ether oxygens (including phenoxy) is 1. The number of anilines is 1. The van der Waals surface area contributed by atoms with Crippen molar-refractivity contribution in [2.24, 2.45) is 5.92 Å². The van der Waals surface area contributed by atoms with Crippen molar-refractivity contribution in [2.45, 2.75) is 20.4 Å². The number of halogens is 1. The summed E-state index contributed by atoms with van der Waals surface area (Å²) < 4.78 is 19.2. The molecule has 106 valence electrons. The first kappa shape index (κ1) is 14.4. The highest BCUT2D eigenvalue weighted by Crippen LogP contribution is 2.19. The number of benzene rings is 2. The van der Waals surface area contributed by atoms with E-state index in [1.807, 2.05) is 30.3 Å². The highest BCUT2D eigenvalue weighted by Gasteiger charge is 2.02. The molecule has 0 aliphatic heterocycles. The van der Waals surface area contributed by atoms with E-state index in [-0.39, 0.29) is 5.82 Å². The summed E-state index contributed by atoms with van der Waals surface area (Å²) in [6.07, 6.45) is 0. The first-order chi connectivity index (χ1) is 9.65. The molecule has 2 aromatic rings. The minimum Gasteiger partial charge on any atom is -0.493 e. The van der Waals surface area contributed by atoms with Crippen LogP contribution in [0.15, 0.2) is 48.5 Å². The van der Waals surface area contributed by atoms with Crippen LogP contribution in [0.1, 0.15) is 19.4 Å². The van der Waals surface area contributed by atoms with E-state index < -0.39 is 0 Å². The largest absolute Gasteiger partial charge is 0.493 e. The number of rotatable bonds is 6. The summed E-state index contributed by atoms with van der Waals surface area (Å²) in [5.74, 6) is 1.13. The lowest BCUT2D eigenvalue weighted by molar-refractivity contribution is 0.271. The summed E-state index contributed by atoms with van der Waals surface area (Å²) in [6.45, 7) is 5.37. The molecular weight excluding hydrogens is 253 g/mol. The highest BCUT2D eigenvalue weighted by atomic mass is 19.1. The second kappa shape index (κ2) is 6.94. The molecule has 0 saturated carbocycles. The molecule has 0 amide bonds. The Hall–Kier alpha value is -2.03. The Kier molecular flexibility index (Phi) is 4.99. The van der Waals surface area contributed by atoms with Gasteiger partial charge in [-0.05, 0) is 24.1 Å². The maximum absolute atomic E-state index is 13.5. The molecule has 2 rings (SSSR count). The molecule has 0 spiro atoms. The smallest absolute Gasteiger partial charge is 0.128 e. The van der Waals surface area contributed by atoms with Crippen LogP contribution in [0.25, 0.3) is 0 Å². The van der Waals surface area contributed by atoms with Crippen LogP contribution in [0.5, 0.6) is 5.75 Å². The van der Waals surface area contributed by atoms with Crippen LogP contribution in [0.2, 0.25) is 0 Å². The van der Waals surface area contributed by atoms with Crippen LogP contribution in [0, 0.1) is 11.7 Å². The van der Waals surface area contributed by atoms with Crippen LogP contribution in [-0.4, -0.2) is 6.61 Å². The Labute approximate surface area is 119 Å². The summed E-state index contributed by atoms with van der Waals surface area (Å²) in [6, 6.07) is 14.5. The molecule has 0 radical (unpaired) electrons. The fourth-order valence-electron chi connectivity index (χ4n) is 1.80. The SMILES string of the molecule is CC(C)COc1cccc(NCc2ccccc2F)c1. The molecule has 3 heteroatoms. The summed E-state index contributed by atoms with van der Waals surface area (Å²) in [5, 5.41) is 3.21. The maximum atomic E-state index is 13.5. The summed E-state index contributed by atoms with van der Waals surface area (Å²) in [4.78, 5) is 0. The van der Waals surface area contributed by atoms with Gasteiger partial charge >= 0.3 is 0 Å². The van der Waals surface area contributed by atoms with Crippen LogP contribution in [-0.2, 0) is 6.54 Å². The van der Waals surface area contributed by atoms with Crippen LogP contribution >= 0.6 is 0 Å². The van der Waals surface area contributed by atoms with Gasteiger partial charge in [-0.2, -0.15) is 0 Å². The van der Waals surface area contributed by atoms with Crippen molar-refractivity contribution < 1.29 is 9.13 Å². The number of hydrogen-bond acceptors (Lipinski definition) is 2. The lowest BCUT2D eigenvalue weighted by Crippen LogP contribution is -2.05. The average Bonchev–Trinajstić information content (AvgIpc) is 2.45. The normalized spacial score (nSPS) is 10.6. The van der Waals surface area contributed by atoms with E-state index in [0.29, 0.717) is 24.6 Å². The molecule has 20 heavy (non-hydrogen) atoms. The maximum Gasteiger partial charge on any atom is 0.128 e.